The Hall–Kier alpha value is -0.910. The van der Waals surface area contributed by atoms with Gasteiger partial charge in [-0.05, 0) is 25.5 Å². The van der Waals surface area contributed by atoms with Gasteiger partial charge in [-0.2, -0.15) is 5.10 Å². The maximum absolute atomic E-state index is 5.50. The van der Waals surface area contributed by atoms with E-state index in [1.807, 2.05) is 6.20 Å². The van der Waals surface area contributed by atoms with Gasteiger partial charge in [-0.1, -0.05) is 0 Å². The molecule has 1 unspecified atom stereocenters. The van der Waals surface area contributed by atoms with Crippen molar-refractivity contribution >= 4 is 0 Å². The molecule has 0 saturated carbocycles. The summed E-state index contributed by atoms with van der Waals surface area (Å²) in [5.41, 5.74) is 1.25. The predicted molar refractivity (Wildman–Crippen MR) is 62.7 cm³/mol. The second-order valence-electron chi connectivity index (χ2n) is 4.78. The molecular formula is C12H19N3O2. The van der Waals surface area contributed by atoms with Crippen LogP contribution >= 0.6 is 0 Å². The lowest BCUT2D eigenvalue weighted by atomic mass is 9.95. The van der Waals surface area contributed by atoms with Crippen molar-refractivity contribution in [2.24, 2.45) is 0 Å². The molecule has 1 N–H and O–H groups in total. The highest BCUT2D eigenvalue weighted by atomic mass is 16.7. The van der Waals surface area contributed by atoms with E-state index in [1.165, 1.54) is 18.5 Å². The molecule has 0 aliphatic carbocycles. The van der Waals surface area contributed by atoms with E-state index in [0.29, 0.717) is 5.92 Å². The fourth-order valence-electron chi connectivity index (χ4n) is 2.69. The minimum absolute atomic E-state index is 0.0180. The SMILES string of the molecule is c1cc(C2CCCN(CC3OCCO3)C2)[nH]n1. The zero-order chi connectivity index (χ0) is 11.5. The van der Waals surface area contributed by atoms with Gasteiger partial charge in [0, 0.05) is 30.9 Å². The Morgan fingerprint density at radius 3 is 3.06 bits per heavy atom. The summed E-state index contributed by atoms with van der Waals surface area (Å²) in [7, 11) is 0. The third-order valence-corrected chi connectivity index (χ3v) is 3.57. The van der Waals surface area contributed by atoms with E-state index in [1.54, 1.807) is 0 Å². The molecule has 5 nitrogen and oxygen atoms in total. The van der Waals surface area contributed by atoms with Crippen molar-refractivity contribution < 1.29 is 9.47 Å². The number of hydrogen-bond donors (Lipinski definition) is 1. The van der Waals surface area contributed by atoms with E-state index < -0.39 is 0 Å². The normalized spacial score (nSPS) is 27.6. The fourth-order valence-corrected chi connectivity index (χ4v) is 2.69. The number of likely N-dealkylation sites (tertiary alicyclic amines) is 1. The first kappa shape index (κ1) is 11.2. The number of hydrogen-bond acceptors (Lipinski definition) is 4. The third kappa shape index (κ3) is 2.68. The molecule has 0 amide bonds. The van der Waals surface area contributed by atoms with Crippen molar-refractivity contribution in [1.82, 2.24) is 15.1 Å². The number of aromatic amines is 1. The lowest BCUT2D eigenvalue weighted by Gasteiger charge is -2.33. The van der Waals surface area contributed by atoms with Crippen LogP contribution in [-0.2, 0) is 9.47 Å². The molecule has 5 heteroatoms. The molecule has 3 rings (SSSR count). The van der Waals surface area contributed by atoms with E-state index >= 15 is 0 Å². The lowest BCUT2D eigenvalue weighted by molar-refractivity contribution is -0.0653. The number of nitrogens with zero attached hydrogens (tertiary/aromatic N) is 2. The smallest absolute Gasteiger partial charge is 0.170 e. The standard InChI is InChI=1S/C12H19N3O2/c1-2-10(11-3-4-13-14-11)8-15(5-1)9-12-16-6-7-17-12/h3-4,10,12H,1-2,5-9H2,(H,13,14). The van der Waals surface area contributed by atoms with Gasteiger partial charge in [0.15, 0.2) is 6.29 Å². The Balaban J connectivity index is 1.56. The molecule has 2 fully saturated rings. The number of nitrogens with one attached hydrogen (secondary N) is 1. The number of H-pyrrole nitrogens is 1. The molecule has 1 aromatic rings. The highest BCUT2D eigenvalue weighted by Gasteiger charge is 2.26. The van der Waals surface area contributed by atoms with Crippen molar-refractivity contribution in [3.05, 3.63) is 18.0 Å². The summed E-state index contributed by atoms with van der Waals surface area (Å²) in [5.74, 6) is 0.577. The zero-order valence-electron chi connectivity index (χ0n) is 9.97. The van der Waals surface area contributed by atoms with Crippen LogP contribution in [0, 0.1) is 0 Å². The highest BCUT2D eigenvalue weighted by Crippen LogP contribution is 2.25. The molecule has 1 aromatic heterocycles. The number of ether oxygens (including phenoxy) is 2. The number of piperidine rings is 1. The van der Waals surface area contributed by atoms with Crippen LogP contribution in [0.5, 0.6) is 0 Å². The maximum Gasteiger partial charge on any atom is 0.170 e. The molecular weight excluding hydrogens is 218 g/mol. The Bertz CT molecular complexity index is 336. The summed E-state index contributed by atoms with van der Waals surface area (Å²) in [6.07, 6.45) is 4.29. The van der Waals surface area contributed by atoms with Crippen LogP contribution in [0.3, 0.4) is 0 Å². The molecule has 94 valence electrons. The van der Waals surface area contributed by atoms with E-state index in [9.17, 15) is 0 Å². The summed E-state index contributed by atoms with van der Waals surface area (Å²) < 4.78 is 11.0. The Morgan fingerprint density at radius 2 is 2.29 bits per heavy atom. The van der Waals surface area contributed by atoms with E-state index in [0.717, 1.165) is 32.8 Å². The Kier molecular flexibility index (Phi) is 3.40. The first-order chi connectivity index (χ1) is 8.42. The average Bonchev–Trinajstić information content (AvgIpc) is 3.01. The molecule has 0 radical (unpaired) electrons. The molecule has 0 spiro atoms. The van der Waals surface area contributed by atoms with Crippen LogP contribution in [0.25, 0.3) is 0 Å². The Morgan fingerprint density at radius 1 is 1.41 bits per heavy atom. The molecule has 2 aliphatic rings. The summed E-state index contributed by atoms with van der Waals surface area (Å²) in [5, 5.41) is 7.11. The maximum atomic E-state index is 5.50. The molecule has 2 aliphatic heterocycles. The third-order valence-electron chi connectivity index (χ3n) is 3.57. The van der Waals surface area contributed by atoms with Gasteiger partial charge in [0.1, 0.15) is 0 Å². The summed E-state index contributed by atoms with van der Waals surface area (Å²) in [6.45, 7) is 4.59. The monoisotopic (exact) mass is 237 g/mol. The molecule has 3 heterocycles. The van der Waals surface area contributed by atoms with E-state index in [4.69, 9.17) is 9.47 Å². The summed E-state index contributed by atoms with van der Waals surface area (Å²) in [4.78, 5) is 2.44. The topological polar surface area (TPSA) is 50.4 Å². The molecule has 2 saturated heterocycles. The van der Waals surface area contributed by atoms with Crippen LogP contribution in [0.1, 0.15) is 24.5 Å². The zero-order valence-corrected chi connectivity index (χ0v) is 9.97. The second-order valence-corrected chi connectivity index (χ2v) is 4.78. The van der Waals surface area contributed by atoms with Crippen molar-refractivity contribution in [1.29, 1.82) is 0 Å². The fraction of sp³-hybridized carbons (Fsp3) is 0.750. The van der Waals surface area contributed by atoms with Crippen LogP contribution in [0.4, 0.5) is 0 Å². The lowest BCUT2D eigenvalue weighted by Crippen LogP contribution is -2.39. The van der Waals surface area contributed by atoms with Crippen LogP contribution in [-0.4, -0.2) is 54.2 Å². The summed E-state index contributed by atoms with van der Waals surface area (Å²) >= 11 is 0. The second kappa shape index (κ2) is 5.16. The highest BCUT2D eigenvalue weighted by molar-refractivity contribution is 5.07. The predicted octanol–water partition coefficient (Wildman–Crippen LogP) is 0.962. The van der Waals surface area contributed by atoms with Crippen LogP contribution < -0.4 is 0 Å². The van der Waals surface area contributed by atoms with Crippen molar-refractivity contribution in [3.8, 4) is 0 Å². The van der Waals surface area contributed by atoms with Crippen molar-refractivity contribution in [2.45, 2.75) is 25.0 Å². The molecule has 0 aromatic carbocycles. The van der Waals surface area contributed by atoms with Gasteiger partial charge in [-0.15, -0.1) is 0 Å². The van der Waals surface area contributed by atoms with Gasteiger partial charge in [-0.3, -0.25) is 10.00 Å². The van der Waals surface area contributed by atoms with Gasteiger partial charge in [-0.25, -0.2) is 0 Å². The average molecular weight is 237 g/mol. The van der Waals surface area contributed by atoms with Crippen LogP contribution in [0.15, 0.2) is 12.3 Å². The molecule has 0 bridgehead atoms. The van der Waals surface area contributed by atoms with E-state index in [-0.39, 0.29) is 6.29 Å². The largest absolute Gasteiger partial charge is 0.349 e. The van der Waals surface area contributed by atoms with Gasteiger partial charge in [0.2, 0.25) is 0 Å². The first-order valence-electron chi connectivity index (χ1n) is 6.36. The minimum atomic E-state index is -0.0180. The molecule has 17 heavy (non-hydrogen) atoms. The van der Waals surface area contributed by atoms with Crippen molar-refractivity contribution in [2.75, 3.05) is 32.8 Å². The number of aromatic nitrogens is 2. The van der Waals surface area contributed by atoms with Gasteiger partial charge >= 0.3 is 0 Å². The number of rotatable bonds is 3. The van der Waals surface area contributed by atoms with Crippen LogP contribution in [0.2, 0.25) is 0 Å². The molecule has 1 atom stereocenters. The van der Waals surface area contributed by atoms with Gasteiger partial charge in [0.25, 0.3) is 0 Å². The quantitative estimate of drug-likeness (QED) is 0.851. The first-order valence-corrected chi connectivity index (χ1v) is 6.36. The van der Waals surface area contributed by atoms with Crippen molar-refractivity contribution in [3.63, 3.8) is 0 Å². The van der Waals surface area contributed by atoms with Gasteiger partial charge < -0.3 is 9.47 Å². The summed E-state index contributed by atoms with van der Waals surface area (Å²) in [6, 6.07) is 2.08. The van der Waals surface area contributed by atoms with E-state index in [2.05, 4.69) is 21.2 Å². The Labute approximate surface area is 101 Å². The minimum Gasteiger partial charge on any atom is -0.349 e. The van der Waals surface area contributed by atoms with Gasteiger partial charge in [0.05, 0.1) is 13.2 Å².